The molecule has 1 saturated heterocycles. The quantitative estimate of drug-likeness (QED) is 0.643. The maximum Gasteiger partial charge on any atom is 0.338 e. The number of imide groups is 1. The van der Waals surface area contributed by atoms with Gasteiger partial charge in [0, 0.05) is 5.69 Å². The van der Waals surface area contributed by atoms with Gasteiger partial charge in [0.05, 0.1) is 12.2 Å². The molecule has 106 valence electrons. The lowest BCUT2D eigenvalue weighted by atomic mass is 10.2. The number of nitrogens with zero attached hydrogens (tertiary/aromatic N) is 2. The van der Waals surface area contributed by atoms with E-state index in [1.165, 1.54) is 17.0 Å². The summed E-state index contributed by atoms with van der Waals surface area (Å²) < 4.78 is 4.85. The molecule has 0 bridgehead atoms. The third kappa shape index (κ3) is 2.48. The van der Waals surface area contributed by atoms with Crippen molar-refractivity contribution in [2.45, 2.75) is 6.92 Å². The molecule has 1 aromatic rings. The summed E-state index contributed by atoms with van der Waals surface area (Å²) in [5.74, 6) is -0.910. The van der Waals surface area contributed by atoms with E-state index in [0.717, 1.165) is 4.90 Å². The highest BCUT2D eigenvalue weighted by Gasteiger charge is 2.36. The van der Waals surface area contributed by atoms with Crippen LogP contribution < -0.4 is 4.90 Å². The maximum atomic E-state index is 11.8. The molecule has 1 fully saturated rings. The number of hydrogen-bond donors (Lipinski definition) is 1. The molecule has 7 heteroatoms. The van der Waals surface area contributed by atoms with Gasteiger partial charge in [0.25, 0.3) is 5.91 Å². The van der Waals surface area contributed by atoms with E-state index in [1.807, 2.05) is 0 Å². The second-order valence-electron chi connectivity index (χ2n) is 4.10. The molecule has 1 aliphatic rings. The van der Waals surface area contributed by atoms with Crippen LogP contribution in [0.2, 0.25) is 0 Å². The smallest absolute Gasteiger partial charge is 0.338 e. The van der Waals surface area contributed by atoms with E-state index in [2.05, 4.69) is 0 Å². The van der Waals surface area contributed by atoms with Crippen molar-refractivity contribution >= 4 is 23.6 Å². The first-order chi connectivity index (χ1) is 9.58. The average molecular weight is 278 g/mol. The second-order valence-corrected chi connectivity index (χ2v) is 4.10. The van der Waals surface area contributed by atoms with Crippen LogP contribution in [0.25, 0.3) is 0 Å². The lowest BCUT2D eigenvalue weighted by Gasteiger charge is -2.15. The summed E-state index contributed by atoms with van der Waals surface area (Å²) in [4.78, 5) is 36.8. The number of esters is 1. The molecule has 1 aromatic carbocycles. The van der Waals surface area contributed by atoms with Gasteiger partial charge in [0.15, 0.2) is 0 Å². The minimum atomic E-state index is -0.644. The maximum absolute atomic E-state index is 11.8. The number of ether oxygens (including phenoxy) is 1. The molecule has 0 aliphatic carbocycles. The van der Waals surface area contributed by atoms with Gasteiger partial charge in [0.2, 0.25) is 0 Å². The Kier molecular flexibility index (Phi) is 3.99. The van der Waals surface area contributed by atoms with Crippen LogP contribution in [-0.4, -0.2) is 47.8 Å². The van der Waals surface area contributed by atoms with E-state index in [0.29, 0.717) is 11.3 Å². The summed E-state index contributed by atoms with van der Waals surface area (Å²) in [7, 11) is 0. The Morgan fingerprint density at radius 1 is 1.30 bits per heavy atom. The SMILES string of the molecule is CCOC(=O)c1ccc(N2CC(=O)N(CO)C2=O)cc1. The molecule has 7 nitrogen and oxygen atoms in total. The molecule has 0 aromatic heterocycles. The Morgan fingerprint density at radius 2 is 1.95 bits per heavy atom. The molecular weight excluding hydrogens is 264 g/mol. The summed E-state index contributed by atoms with van der Waals surface area (Å²) in [5.41, 5.74) is 0.847. The topological polar surface area (TPSA) is 87.2 Å². The monoisotopic (exact) mass is 278 g/mol. The second kappa shape index (κ2) is 5.70. The van der Waals surface area contributed by atoms with Gasteiger partial charge in [0.1, 0.15) is 13.3 Å². The Balaban J connectivity index is 2.17. The number of aliphatic hydroxyl groups is 1. The molecule has 0 saturated carbocycles. The highest BCUT2D eigenvalue weighted by Crippen LogP contribution is 2.21. The number of benzene rings is 1. The Labute approximate surface area is 115 Å². The van der Waals surface area contributed by atoms with Crippen molar-refractivity contribution in [3.63, 3.8) is 0 Å². The Bertz CT molecular complexity index is 540. The van der Waals surface area contributed by atoms with Crippen molar-refractivity contribution in [1.29, 1.82) is 0 Å². The zero-order valence-corrected chi connectivity index (χ0v) is 10.9. The van der Waals surface area contributed by atoms with Gasteiger partial charge < -0.3 is 9.84 Å². The Hall–Kier alpha value is -2.41. The standard InChI is InChI=1S/C13H14N2O5/c1-2-20-12(18)9-3-5-10(6-4-9)14-7-11(17)15(8-16)13(14)19/h3-6,16H,2,7-8H2,1H3. The molecule has 0 unspecified atom stereocenters. The summed E-state index contributed by atoms with van der Waals surface area (Å²) in [6, 6.07) is 5.57. The lowest BCUT2D eigenvalue weighted by molar-refractivity contribution is -0.127. The molecule has 20 heavy (non-hydrogen) atoms. The highest BCUT2D eigenvalue weighted by atomic mass is 16.5. The molecule has 0 atom stereocenters. The normalized spacial score (nSPS) is 14.9. The van der Waals surface area contributed by atoms with Crippen molar-refractivity contribution in [3.05, 3.63) is 29.8 Å². The molecule has 1 aliphatic heterocycles. The van der Waals surface area contributed by atoms with E-state index in [-0.39, 0.29) is 13.2 Å². The van der Waals surface area contributed by atoms with Gasteiger partial charge >= 0.3 is 12.0 Å². The van der Waals surface area contributed by atoms with Crippen LogP contribution in [-0.2, 0) is 9.53 Å². The van der Waals surface area contributed by atoms with Crippen molar-refractivity contribution in [2.75, 3.05) is 24.8 Å². The van der Waals surface area contributed by atoms with Gasteiger partial charge in [-0.2, -0.15) is 0 Å². The fraction of sp³-hybridized carbons (Fsp3) is 0.308. The molecule has 2 rings (SSSR count). The highest BCUT2D eigenvalue weighted by molar-refractivity contribution is 6.12. The van der Waals surface area contributed by atoms with Gasteiger partial charge in [-0.15, -0.1) is 0 Å². The van der Waals surface area contributed by atoms with Crippen LogP contribution in [0.15, 0.2) is 24.3 Å². The zero-order valence-electron chi connectivity index (χ0n) is 10.9. The molecule has 0 radical (unpaired) electrons. The first kappa shape index (κ1) is 14.0. The summed E-state index contributed by atoms with van der Waals surface area (Å²) >= 11 is 0. The van der Waals surface area contributed by atoms with E-state index >= 15 is 0 Å². The molecule has 1 heterocycles. The third-order valence-corrected chi connectivity index (χ3v) is 2.89. The van der Waals surface area contributed by atoms with Gasteiger partial charge in [-0.05, 0) is 31.2 Å². The first-order valence-electron chi connectivity index (χ1n) is 6.08. The number of anilines is 1. The van der Waals surface area contributed by atoms with Crippen LogP contribution in [0.5, 0.6) is 0 Å². The number of hydrogen-bond acceptors (Lipinski definition) is 5. The van der Waals surface area contributed by atoms with Crippen molar-refractivity contribution in [2.24, 2.45) is 0 Å². The number of rotatable bonds is 4. The minimum Gasteiger partial charge on any atom is -0.462 e. The van der Waals surface area contributed by atoms with Crippen LogP contribution in [0.3, 0.4) is 0 Å². The predicted molar refractivity (Wildman–Crippen MR) is 69.1 cm³/mol. The van der Waals surface area contributed by atoms with Gasteiger partial charge in [-0.3, -0.25) is 9.69 Å². The predicted octanol–water partition coefficient (Wildman–Crippen LogP) is 0.582. The number of aliphatic hydroxyl groups excluding tert-OH is 1. The summed E-state index contributed by atoms with van der Waals surface area (Å²) in [6.07, 6.45) is 0. The number of carbonyl (C=O) groups is 3. The number of carbonyl (C=O) groups excluding carboxylic acids is 3. The fourth-order valence-electron chi connectivity index (χ4n) is 1.87. The first-order valence-corrected chi connectivity index (χ1v) is 6.08. The number of amides is 3. The molecule has 3 amide bonds. The van der Waals surface area contributed by atoms with Crippen LogP contribution in [0.4, 0.5) is 10.5 Å². The van der Waals surface area contributed by atoms with Crippen LogP contribution in [0, 0.1) is 0 Å². The zero-order chi connectivity index (χ0) is 14.7. The fourth-order valence-corrected chi connectivity index (χ4v) is 1.87. The van der Waals surface area contributed by atoms with E-state index < -0.39 is 24.6 Å². The lowest BCUT2D eigenvalue weighted by Crippen LogP contribution is -2.33. The van der Waals surface area contributed by atoms with Crippen molar-refractivity contribution < 1.29 is 24.2 Å². The van der Waals surface area contributed by atoms with Crippen molar-refractivity contribution in [3.8, 4) is 0 Å². The molecule has 1 N–H and O–H groups in total. The van der Waals surface area contributed by atoms with Gasteiger partial charge in [-0.1, -0.05) is 0 Å². The Morgan fingerprint density at radius 3 is 2.45 bits per heavy atom. The van der Waals surface area contributed by atoms with Gasteiger partial charge in [-0.25, -0.2) is 14.5 Å². The molecular formula is C13H14N2O5. The summed E-state index contributed by atoms with van der Waals surface area (Å²) in [6.45, 7) is 1.22. The van der Waals surface area contributed by atoms with E-state index in [9.17, 15) is 14.4 Å². The largest absolute Gasteiger partial charge is 0.462 e. The summed E-state index contributed by atoms with van der Waals surface area (Å²) in [5, 5.41) is 8.94. The third-order valence-electron chi connectivity index (χ3n) is 2.89. The van der Waals surface area contributed by atoms with E-state index in [4.69, 9.17) is 9.84 Å². The molecule has 0 spiro atoms. The van der Waals surface area contributed by atoms with Crippen LogP contribution in [0.1, 0.15) is 17.3 Å². The number of urea groups is 1. The van der Waals surface area contributed by atoms with Crippen LogP contribution >= 0.6 is 0 Å². The van der Waals surface area contributed by atoms with E-state index in [1.54, 1.807) is 19.1 Å². The minimum absolute atomic E-state index is 0.127. The van der Waals surface area contributed by atoms with Crippen molar-refractivity contribution in [1.82, 2.24) is 4.90 Å². The average Bonchev–Trinajstić information content (AvgIpc) is 2.74.